The topological polar surface area (TPSA) is 0 Å². The van der Waals surface area contributed by atoms with Crippen LogP contribution in [0.25, 0.3) is 0 Å². The standard InChI is InChI=1S/C15H13Cl3/c16-13-8-6-12(15(18)10-13)7-9-14(17)11-4-2-1-3-5-11/h1-6,8,10,14H,7,9H2. The van der Waals surface area contributed by atoms with E-state index in [0.717, 1.165) is 24.0 Å². The van der Waals surface area contributed by atoms with Crippen LogP contribution < -0.4 is 0 Å². The molecular formula is C15H13Cl3. The first-order valence-corrected chi connectivity index (χ1v) is 6.99. The number of aryl methyl sites for hydroxylation is 1. The molecule has 0 bridgehead atoms. The normalized spacial score (nSPS) is 12.4. The minimum Gasteiger partial charge on any atom is -0.118 e. The molecule has 0 aliphatic carbocycles. The van der Waals surface area contributed by atoms with Crippen LogP contribution in [0.2, 0.25) is 10.0 Å². The summed E-state index contributed by atoms with van der Waals surface area (Å²) < 4.78 is 0. The Labute approximate surface area is 122 Å². The summed E-state index contributed by atoms with van der Waals surface area (Å²) >= 11 is 18.4. The molecule has 0 aliphatic rings. The molecule has 94 valence electrons. The first-order valence-electron chi connectivity index (χ1n) is 5.80. The molecule has 0 fully saturated rings. The Morgan fingerprint density at radius 3 is 2.33 bits per heavy atom. The van der Waals surface area contributed by atoms with Gasteiger partial charge in [-0.3, -0.25) is 0 Å². The number of hydrogen-bond donors (Lipinski definition) is 0. The Kier molecular flexibility index (Phi) is 4.94. The summed E-state index contributed by atoms with van der Waals surface area (Å²) in [6, 6.07) is 15.7. The second kappa shape index (κ2) is 6.47. The quantitative estimate of drug-likeness (QED) is 0.616. The van der Waals surface area contributed by atoms with E-state index in [1.54, 1.807) is 6.07 Å². The Bertz CT molecular complexity index is 508. The largest absolute Gasteiger partial charge is 0.118 e. The van der Waals surface area contributed by atoms with Gasteiger partial charge in [0.25, 0.3) is 0 Å². The third kappa shape index (κ3) is 3.65. The molecule has 0 radical (unpaired) electrons. The first-order chi connectivity index (χ1) is 8.66. The van der Waals surface area contributed by atoms with Crippen molar-refractivity contribution in [1.82, 2.24) is 0 Å². The smallest absolute Gasteiger partial charge is 0.0588 e. The first kappa shape index (κ1) is 13.7. The average molecular weight is 300 g/mol. The summed E-state index contributed by atoms with van der Waals surface area (Å²) in [7, 11) is 0. The van der Waals surface area contributed by atoms with E-state index in [1.807, 2.05) is 42.5 Å². The van der Waals surface area contributed by atoms with Crippen molar-refractivity contribution in [3.05, 3.63) is 69.7 Å². The van der Waals surface area contributed by atoms with Crippen LogP contribution in [0.15, 0.2) is 48.5 Å². The molecule has 0 saturated carbocycles. The van der Waals surface area contributed by atoms with E-state index in [4.69, 9.17) is 34.8 Å². The van der Waals surface area contributed by atoms with Gasteiger partial charge in [0.2, 0.25) is 0 Å². The maximum Gasteiger partial charge on any atom is 0.0588 e. The van der Waals surface area contributed by atoms with Crippen LogP contribution in [0, 0.1) is 0 Å². The van der Waals surface area contributed by atoms with Crippen LogP contribution in [0.5, 0.6) is 0 Å². The molecule has 2 aromatic carbocycles. The fourth-order valence-electron chi connectivity index (χ4n) is 1.84. The molecule has 0 aliphatic heterocycles. The third-order valence-electron chi connectivity index (χ3n) is 2.84. The highest BCUT2D eigenvalue weighted by Crippen LogP contribution is 2.28. The summed E-state index contributed by atoms with van der Waals surface area (Å²) in [5.74, 6) is 0. The Morgan fingerprint density at radius 1 is 0.944 bits per heavy atom. The molecule has 0 nitrogen and oxygen atoms in total. The molecule has 18 heavy (non-hydrogen) atoms. The van der Waals surface area contributed by atoms with Crippen molar-refractivity contribution >= 4 is 34.8 Å². The lowest BCUT2D eigenvalue weighted by molar-refractivity contribution is 0.794. The van der Waals surface area contributed by atoms with Crippen molar-refractivity contribution in [2.75, 3.05) is 0 Å². The summed E-state index contributed by atoms with van der Waals surface area (Å²) in [4.78, 5) is 0. The van der Waals surface area contributed by atoms with Gasteiger partial charge >= 0.3 is 0 Å². The molecule has 2 rings (SSSR count). The second-order valence-electron chi connectivity index (χ2n) is 4.15. The van der Waals surface area contributed by atoms with E-state index >= 15 is 0 Å². The summed E-state index contributed by atoms with van der Waals surface area (Å²) in [5, 5.41) is 1.38. The fourth-order valence-corrected chi connectivity index (χ4v) is 2.59. The highest BCUT2D eigenvalue weighted by Gasteiger charge is 2.09. The zero-order valence-corrected chi connectivity index (χ0v) is 12.0. The van der Waals surface area contributed by atoms with Crippen LogP contribution in [-0.2, 0) is 6.42 Å². The number of alkyl halides is 1. The number of hydrogen-bond acceptors (Lipinski definition) is 0. The minimum absolute atomic E-state index is 0.0120. The van der Waals surface area contributed by atoms with Gasteiger partial charge in [0.15, 0.2) is 0 Å². The van der Waals surface area contributed by atoms with E-state index in [2.05, 4.69) is 0 Å². The van der Waals surface area contributed by atoms with Gasteiger partial charge in [-0.2, -0.15) is 0 Å². The van der Waals surface area contributed by atoms with Crippen molar-refractivity contribution in [2.24, 2.45) is 0 Å². The van der Waals surface area contributed by atoms with Crippen LogP contribution >= 0.6 is 34.8 Å². The summed E-state index contributed by atoms with van der Waals surface area (Å²) in [6.45, 7) is 0. The van der Waals surface area contributed by atoms with Crippen LogP contribution in [0.4, 0.5) is 0 Å². The lowest BCUT2D eigenvalue weighted by Gasteiger charge is -2.10. The Morgan fingerprint density at radius 2 is 1.67 bits per heavy atom. The van der Waals surface area contributed by atoms with Crippen LogP contribution in [0.1, 0.15) is 22.9 Å². The predicted molar refractivity (Wildman–Crippen MR) is 79.8 cm³/mol. The van der Waals surface area contributed by atoms with Crippen molar-refractivity contribution in [1.29, 1.82) is 0 Å². The molecule has 1 unspecified atom stereocenters. The van der Waals surface area contributed by atoms with E-state index in [9.17, 15) is 0 Å². The maximum absolute atomic E-state index is 6.37. The van der Waals surface area contributed by atoms with E-state index in [1.165, 1.54) is 0 Å². The molecule has 2 aromatic rings. The zero-order valence-electron chi connectivity index (χ0n) is 9.74. The fraction of sp³-hybridized carbons (Fsp3) is 0.200. The Hall–Kier alpha value is -0.690. The lowest BCUT2D eigenvalue weighted by Crippen LogP contribution is -1.94. The van der Waals surface area contributed by atoms with Crippen molar-refractivity contribution in [3.8, 4) is 0 Å². The van der Waals surface area contributed by atoms with Gasteiger partial charge in [0.05, 0.1) is 5.38 Å². The number of benzene rings is 2. The number of rotatable bonds is 4. The van der Waals surface area contributed by atoms with Gasteiger partial charge in [-0.15, -0.1) is 11.6 Å². The highest BCUT2D eigenvalue weighted by molar-refractivity contribution is 6.35. The molecule has 3 heteroatoms. The van der Waals surface area contributed by atoms with E-state index in [0.29, 0.717) is 10.0 Å². The minimum atomic E-state index is 0.0120. The predicted octanol–water partition coefficient (Wildman–Crippen LogP) is 5.91. The summed E-state index contributed by atoms with van der Waals surface area (Å²) in [5.41, 5.74) is 2.23. The molecule has 0 aromatic heterocycles. The zero-order chi connectivity index (χ0) is 13.0. The van der Waals surface area contributed by atoms with Gasteiger partial charge in [-0.1, -0.05) is 59.6 Å². The maximum atomic E-state index is 6.37. The lowest BCUT2D eigenvalue weighted by atomic mass is 10.0. The summed E-state index contributed by atoms with van der Waals surface area (Å²) in [6.07, 6.45) is 1.70. The number of halogens is 3. The van der Waals surface area contributed by atoms with Crippen molar-refractivity contribution in [2.45, 2.75) is 18.2 Å². The third-order valence-corrected chi connectivity index (χ3v) is 3.90. The second-order valence-corrected chi connectivity index (χ2v) is 5.52. The Balaban J connectivity index is 1.99. The van der Waals surface area contributed by atoms with Crippen molar-refractivity contribution in [3.63, 3.8) is 0 Å². The van der Waals surface area contributed by atoms with E-state index in [-0.39, 0.29) is 5.38 Å². The molecular weight excluding hydrogens is 287 g/mol. The average Bonchev–Trinajstić information content (AvgIpc) is 2.38. The van der Waals surface area contributed by atoms with Crippen LogP contribution in [0.3, 0.4) is 0 Å². The molecule has 0 amide bonds. The van der Waals surface area contributed by atoms with Gasteiger partial charge < -0.3 is 0 Å². The molecule has 0 saturated heterocycles. The van der Waals surface area contributed by atoms with Gasteiger partial charge in [-0.25, -0.2) is 0 Å². The van der Waals surface area contributed by atoms with Crippen LogP contribution in [-0.4, -0.2) is 0 Å². The molecule has 1 atom stereocenters. The van der Waals surface area contributed by atoms with Crippen molar-refractivity contribution < 1.29 is 0 Å². The molecule has 0 spiro atoms. The highest BCUT2D eigenvalue weighted by atomic mass is 35.5. The SMILES string of the molecule is Clc1ccc(CCC(Cl)c2ccccc2)c(Cl)c1. The molecule has 0 heterocycles. The molecule has 0 N–H and O–H groups in total. The van der Waals surface area contributed by atoms with Gasteiger partial charge in [0.1, 0.15) is 0 Å². The van der Waals surface area contributed by atoms with E-state index < -0.39 is 0 Å². The van der Waals surface area contributed by atoms with Gasteiger partial charge in [-0.05, 0) is 36.1 Å². The van der Waals surface area contributed by atoms with Gasteiger partial charge in [0, 0.05) is 10.0 Å². The monoisotopic (exact) mass is 298 g/mol.